The van der Waals surface area contributed by atoms with Gasteiger partial charge in [0.2, 0.25) is 0 Å². The average Bonchev–Trinajstić information content (AvgIpc) is 3.04. The van der Waals surface area contributed by atoms with Crippen LogP contribution in [0.15, 0.2) is 77.7 Å². The third-order valence-corrected chi connectivity index (χ3v) is 9.56. The van der Waals surface area contributed by atoms with Crippen LogP contribution in [-0.2, 0) is 11.2 Å². The van der Waals surface area contributed by atoms with Crippen molar-refractivity contribution >= 4 is 22.9 Å². The van der Waals surface area contributed by atoms with Crippen LogP contribution in [0.5, 0.6) is 0 Å². The highest BCUT2D eigenvalue weighted by molar-refractivity contribution is 5.95. The molecule has 0 saturated heterocycles. The summed E-state index contributed by atoms with van der Waals surface area (Å²) < 4.78 is 6.84. The molecule has 9 heteroatoms. The van der Waals surface area contributed by atoms with Gasteiger partial charge < -0.3 is 20.3 Å². The maximum absolute atomic E-state index is 13.8. The standard InChI is InChI=1S/C34H33N3O5.CH4O/c1-42-33(40)29-27(30(38)26-8-5-13-35-31(26)37(29)25-6-3-2-4-7-25)16-20-9-11-22(12-10-20)32(39)36-28-23-14-21-15-24(28)19-34(41,17-21)18-23;1-2/h2-13,21,23-24,28,41H,14-19H2,1H3,(H,36,39);2H,1H3/t21-,23+,24-,28-,34-;. The van der Waals surface area contributed by atoms with Crippen molar-refractivity contribution in [2.24, 2.45) is 17.8 Å². The zero-order chi connectivity index (χ0) is 31.0. The summed E-state index contributed by atoms with van der Waals surface area (Å²) in [5, 5.41) is 21.6. The van der Waals surface area contributed by atoms with Crippen LogP contribution < -0.4 is 10.7 Å². The topological polar surface area (TPSA) is 131 Å². The molecule has 2 heterocycles. The molecule has 44 heavy (non-hydrogen) atoms. The van der Waals surface area contributed by atoms with E-state index >= 15 is 0 Å². The Morgan fingerprint density at radius 3 is 2.30 bits per heavy atom. The van der Waals surface area contributed by atoms with E-state index in [1.54, 1.807) is 35.0 Å². The summed E-state index contributed by atoms with van der Waals surface area (Å²) in [6.45, 7) is 0. The lowest BCUT2D eigenvalue weighted by Crippen LogP contribution is -2.61. The number of ether oxygens (including phenoxy) is 1. The van der Waals surface area contributed by atoms with Gasteiger partial charge in [-0.1, -0.05) is 30.3 Å². The summed E-state index contributed by atoms with van der Waals surface area (Å²) in [6.07, 6.45) is 6.37. The van der Waals surface area contributed by atoms with Gasteiger partial charge in [0.1, 0.15) is 11.3 Å². The first kappa shape index (κ1) is 29.7. The summed E-state index contributed by atoms with van der Waals surface area (Å²) in [4.78, 5) is 44.7. The molecule has 9 nitrogen and oxygen atoms in total. The van der Waals surface area contributed by atoms with Crippen LogP contribution in [0.3, 0.4) is 0 Å². The minimum Gasteiger partial charge on any atom is -0.464 e. The fourth-order valence-electron chi connectivity index (χ4n) is 8.00. The molecule has 0 radical (unpaired) electrons. The molecule has 2 aromatic carbocycles. The molecule has 4 bridgehead atoms. The highest BCUT2D eigenvalue weighted by Crippen LogP contribution is 2.55. The number of rotatable bonds is 6. The zero-order valence-corrected chi connectivity index (χ0v) is 24.9. The second kappa shape index (κ2) is 12.0. The molecular formula is C35H37N3O6. The molecule has 0 unspecified atom stereocenters. The van der Waals surface area contributed by atoms with Crippen molar-refractivity contribution in [3.63, 3.8) is 0 Å². The molecule has 4 aliphatic carbocycles. The number of nitrogens with one attached hydrogen (secondary N) is 1. The number of fused-ring (bicyclic) bond motifs is 1. The molecule has 2 aromatic heterocycles. The molecule has 3 N–H and O–H groups in total. The predicted octanol–water partition coefficient (Wildman–Crippen LogP) is 4.04. The highest BCUT2D eigenvalue weighted by Gasteiger charge is 2.55. The number of nitrogens with zero attached hydrogens (tertiary/aromatic N) is 2. The Morgan fingerprint density at radius 1 is 0.977 bits per heavy atom. The number of carbonyl (C=O) groups is 2. The molecule has 4 aromatic rings. The van der Waals surface area contributed by atoms with E-state index in [4.69, 9.17) is 9.84 Å². The van der Waals surface area contributed by atoms with Crippen LogP contribution in [0.1, 0.15) is 64.1 Å². The van der Waals surface area contributed by atoms with Gasteiger partial charge >= 0.3 is 5.97 Å². The SMILES string of the molecule is CO.COC(=O)c1c(Cc2ccc(C(=O)N[C@H]3[C@@H]4C[C@H]5C[C@H]3C[C@](O)(C5)C4)cc2)c(=O)c2cccnc2n1-c1ccccc1. The van der Waals surface area contributed by atoms with E-state index in [1.165, 1.54) is 7.11 Å². The van der Waals surface area contributed by atoms with Gasteiger partial charge in [0, 0.05) is 42.6 Å². The number of aliphatic hydroxyl groups excluding tert-OH is 1. The van der Waals surface area contributed by atoms with Gasteiger partial charge in [-0.3, -0.25) is 14.2 Å². The van der Waals surface area contributed by atoms with Crippen molar-refractivity contribution in [3.8, 4) is 5.69 Å². The van der Waals surface area contributed by atoms with Gasteiger partial charge in [-0.2, -0.15) is 0 Å². The van der Waals surface area contributed by atoms with Gasteiger partial charge in [0.05, 0.1) is 18.1 Å². The monoisotopic (exact) mass is 595 g/mol. The molecule has 5 atom stereocenters. The fraction of sp³-hybridized carbons (Fsp3) is 0.371. The van der Waals surface area contributed by atoms with Gasteiger partial charge in [-0.05, 0) is 91.8 Å². The van der Waals surface area contributed by atoms with Gasteiger partial charge in [0.15, 0.2) is 5.43 Å². The molecule has 4 fully saturated rings. The third kappa shape index (κ3) is 5.31. The largest absolute Gasteiger partial charge is 0.464 e. The van der Waals surface area contributed by atoms with Crippen molar-refractivity contribution in [2.75, 3.05) is 14.2 Å². The minimum absolute atomic E-state index is 0.0966. The van der Waals surface area contributed by atoms with E-state index in [0.29, 0.717) is 45.6 Å². The molecule has 1 amide bonds. The minimum atomic E-state index is -0.630. The Bertz CT molecular complexity index is 1730. The second-order valence-corrected chi connectivity index (χ2v) is 12.3. The van der Waals surface area contributed by atoms with E-state index in [-0.39, 0.29) is 29.5 Å². The van der Waals surface area contributed by atoms with Crippen LogP contribution in [0, 0.1) is 17.8 Å². The van der Waals surface area contributed by atoms with E-state index in [0.717, 1.165) is 44.8 Å². The molecule has 4 aliphatic rings. The van der Waals surface area contributed by atoms with Gasteiger partial charge in [-0.15, -0.1) is 0 Å². The summed E-state index contributed by atoms with van der Waals surface area (Å²) in [7, 11) is 2.30. The first-order valence-electron chi connectivity index (χ1n) is 15.1. The molecule has 0 aliphatic heterocycles. The van der Waals surface area contributed by atoms with Gasteiger partial charge in [0.25, 0.3) is 5.91 Å². The number of amides is 1. The van der Waals surface area contributed by atoms with E-state index < -0.39 is 11.6 Å². The van der Waals surface area contributed by atoms with Crippen LogP contribution in [0.25, 0.3) is 16.7 Å². The number of methoxy groups -OCH3 is 1. The number of para-hydroxylation sites is 1. The zero-order valence-electron chi connectivity index (χ0n) is 24.9. The Labute approximate surface area is 255 Å². The Balaban J connectivity index is 0.00000168. The van der Waals surface area contributed by atoms with Crippen molar-refractivity contribution in [1.82, 2.24) is 14.9 Å². The highest BCUT2D eigenvalue weighted by atomic mass is 16.5. The Kier molecular flexibility index (Phi) is 8.09. The van der Waals surface area contributed by atoms with Crippen molar-refractivity contribution < 1.29 is 24.5 Å². The lowest BCUT2D eigenvalue weighted by Gasteiger charge is -2.58. The quantitative estimate of drug-likeness (QED) is 0.287. The number of carbonyl (C=O) groups excluding carboxylic acids is 2. The molecule has 0 spiro atoms. The lowest BCUT2D eigenvalue weighted by molar-refractivity contribution is -0.136. The number of pyridine rings is 2. The van der Waals surface area contributed by atoms with Crippen LogP contribution in [0.4, 0.5) is 0 Å². The van der Waals surface area contributed by atoms with Crippen molar-refractivity contribution in [1.29, 1.82) is 0 Å². The first-order valence-corrected chi connectivity index (χ1v) is 15.1. The maximum Gasteiger partial charge on any atom is 0.355 e. The van der Waals surface area contributed by atoms with Crippen LogP contribution in [0.2, 0.25) is 0 Å². The predicted molar refractivity (Wildman–Crippen MR) is 166 cm³/mol. The number of hydrogen-bond acceptors (Lipinski definition) is 7. The summed E-state index contributed by atoms with van der Waals surface area (Å²) >= 11 is 0. The lowest BCUT2D eigenvalue weighted by atomic mass is 9.52. The first-order chi connectivity index (χ1) is 21.3. The summed E-state index contributed by atoms with van der Waals surface area (Å²) in [5.41, 5.74) is 2.00. The molecule has 4 saturated carbocycles. The summed E-state index contributed by atoms with van der Waals surface area (Å²) in [5.74, 6) is 0.484. The summed E-state index contributed by atoms with van der Waals surface area (Å²) in [6, 6.07) is 20.0. The smallest absolute Gasteiger partial charge is 0.355 e. The number of aliphatic hydroxyl groups is 2. The number of esters is 1. The normalized spacial score (nSPS) is 24.8. The fourth-order valence-corrected chi connectivity index (χ4v) is 8.00. The average molecular weight is 596 g/mol. The third-order valence-electron chi connectivity index (χ3n) is 9.56. The molecule has 8 rings (SSSR count). The Morgan fingerprint density at radius 2 is 1.66 bits per heavy atom. The van der Waals surface area contributed by atoms with E-state index in [2.05, 4.69) is 10.3 Å². The van der Waals surface area contributed by atoms with Crippen molar-refractivity contribution in [3.05, 3.63) is 106 Å². The van der Waals surface area contributed by atoms with Gasteiger partial charge in [-0.25, -0.2) is 9.78 Å². The van der Waals surface area contributed by atoms with Crippen LogP contribution >= 0.6 is 0 Å². The number of benzene rings is 2. The number of hydrogen-bond donors (Lipinski definition) is 3. The van der Waals surface area contributed by atoms with Crippen LogP contribution in [-0.4, -0.2) is 57.5 Å². The molecule has 228 valence electrons. The van der Waals surface area contributed by atoms with Crippen molar-refractivity contribution in [2.45, 2.75) is 50.2 Å². The Hall–Kier alpha value is -4.34. The number of aromatic nitrogens is 2. The molecular weight excluding hydrogens is 558 g/mol. The second-order valence-electron chi connectivity index (χ2n) is 12.3. The van der Waals surface area contributed by atoms with E-state index in [9.17, 15) is 19.5 Å². The maximum atomic E-state index is 13.8. The van der Waals surface area contributed by atoms with E-state index in [1.807, 2.05) is 42.5 Å².